The van der Waals surface area contributed by atoms with Crippen LogP contribution in [0.1, 0.15) is 22.3 Å². The molecular formula is C22H21N. The molecule has 0 radical (unpaired) electrons. The highest BCUT2D eigenvalue weighted by Crippen LogP contribution is 2.22. The molecule has 1 N–H and O–H groups in total. The van der Waals surface area contributed by atoms with E-state index in [1.807, 2.05) is 6.07 Å². The average molecular weight is 299 g/mol. The molecule has 0 spiro atoms. The predicted molar refractivity (Wildman–Crippen MR) is 101 cm³/mol. The van der Waals surface area contributed by atoms with Crippen LogP contribution in [-0.2, 0) is 0 Å². The molecule has 0 heterocycles. The molecule has 0 amide bonds. The van der Waals surface area contributed by atoms with Crippen molar-refractivity contribution < 1.29 is 0 Å². The van der Waals surface area contributed by atoms with Crippen molar-refractivity contribution >= 4 is 23.5 Å². The lowest BCUT2D eigenvalue weighted by Gasteiger charge is -2.10. The van der Waals surface area contributed by atoms with Crippen LogP contribution in [0, 0.1) is 13.8 Å². The summed E-state index contributed by atoms with van der Waals surface area (Å²) >= 11 is 0. The Morgan fingerprint density at radius 1 is 0.696 bits per heavy atom. The lowest BCUT2D eigenvalue weighted by molar-refractivity contribution is 1.37. The molecule has 0 aliphatic rings. The Labute approximate surface area is 138 Å². The Bertz CT molecular complexity index is 799. The van der Waals surface area contributed by atoms with Gasteiger partial charge in [0.2, 0.25) is 0 Å². The van der Waals surface area contributed by atoms with E-state index >= 15 is 0 Å². The van der Waals surface area contributed by atoms with Crippen LogP contribution < -0.4 is 5.32 Å². The quantitative estimate of drug-likeness (QED) is 0.564. The molecule has 0 atom stereocenters. The highest BCUT2D eigenvalue weighted by molar-refractivity contribution is 5.71. The van der Waals surface area contributed by atoms with E-state index in [1.54, 1.807) is 0 Å². The van der Waals surface area contributed by atoms with Crippen molar-refractivity contribution in [3.05, 3.63) is 95.1 Å². The molecule has 1 nitrogen and oxygen atoms in total. The Morgan fingerprint density at radius 2 is 1.35 bits per heavy atom. The van der Waals surface area contributed by atoms with Crippen molar-refractivity contribution in [1.29, 1.82) is 0 Å². The van der Waals surface area contributed by atoms with E-state index < -0.39 is 0 Å². The summed E-state index contributed by atoms with van der Waals surface area (Å²) < 4.78 is 0. The zero-order valence-electron chi connectivity index (χ0n) is 13.6. The van der Waals surface area contributed by atoms with E-state index in [2.05, 4.69) is 98.0 Å². The van der Waals surface area contributed by atoms with Gasteiger partial charge in [-0.25, -0.2) is 0 Å². The normalized spacial score (nSPS) is 10.9. The van der Waals surface area contributed by atoms with Crippen molar-refractivity contribution in [2.75, 3.05) is 5.32 Å². The molecule has 3 aromatic carbocycles. The third kappa shape index (κ3) is 4.10. The number of anilines is 2. The van der Waals surface area contributed by atoms with Crippen LogP contribution in [0.2, 0.25) is 0 Å². The summed E-state index contributed by atoms with van der Waals surface area (Å²) in [6.07, 6.45) is 4.27. The summed E-state index contributed by atoms with van der Waals surface area (Å²) in [6.45, 7) is 4.25. The predicted octanol–water partition coefficient (Wildman–Crippen LogP) is 6.22. The van der Waals surface area contributed by atoms with Crippen molar-refractivity contribution in [2.45, 2.75) is 13.8 Å². The van der Waals surface area contributed by atoms with Crippen LogP contribution in [0.3, 0.4) is 0 Å². The van der Waals surface area contributed by atoms with Crippen molar-refractivity contribution in [3.8, 4) is 0 Å². The first-order chi connectivity index (χ1) is 11.2. The Kier molecular flexibility index (Phi) is 4.58. The Morgan fingerprint density at radius 3 is 2.00 bits per heavy atom. The zero-order valence-corrected chi connectivity index (χ0v) is 13.6. The summed E-state index contributed by atoms with van der Waals surface area (Å²) in [5.74, 6) is 0. The molecule has 0 fully saturated rings. The van der Waals surface area contributed by atoms with Gasteiger partial charge in [0, 0.05) is 11.4 Å². The van der Waals surface area contributed by atoms with Crippen molar-refractivity contribution in [1.82, 2.24) is 0 Å². The van der Waals surface area contributed by atoms with Gasteiger partial charge < -0.3 is 5.32 Å². The zero-order chi connectivity index (χ0) is 16.1. The minimum Gasteiger partial charge on any atom is -0.355 e. The molecule has 1 heteroatoms. The maximum Gasteiger partial charge on any atom is 0.0414 e. The van der Waals surface area contributed by atoms with Gasteiger partial charge >= 0.3 is 0 Å². The van der Waals surface area contributed by atoms with E-state index in [0.29, 0.717) is 0 Å². The first kappa shape index (κ1) is 15.1. The number of aryl methyl sites for hydroxylation is 2. The molecule has 3 aromatic rings. The van der Waals surface area contributed by atoms with E-state index in [-0.39, 0.29) is 0 Å². The van der Waals surface area contributed by atoms with Crippen LogP contribution >= 0.6 is 0 Å². The average Bonchev–Trinajstić information content (AvgIpc) is 2.58. The summed E-state index contributed by atoms with van der Waals surface area (Å²) in [7, 11) is 0. The minimum absolute atomic E-state index is 1.11. The molecule has 0 bridgehead atoms. The van der Waals surface area contributed by atoms with Gasteiger partial charge in [-0.2, -0.15) is 0 Å². The largest absolute Gasteiger partial charge is 0.355 e. The van der Waals surface area contributed by atoms with Gasteiger partial charge in [-0.1, -0.05) is 72.3 Å². The van der Waals surface area contributed by atoms with Crippen LogP contribution in [0.15, 0.2) is 72.8 Å². The van der Waals surface area contributed by atoms with Crippen LogP contribution in [-0.4, -0.2) is 0 Å². The van der Waals surface area contributed by atoms with E-state index in [4.69, 9.17) is 0 Å². The fraction of sp³-hybridized carbons (Fsp3) is 0.0909. The van der Waals surface area contributed by atoms with Gasteiger partial charge in [-0.3, -0.25) is 0 Å². The molecular weight excluding hydrogens is 278 g/mol. The van der Waals surface area contributed by atoms with Gasteiger partial charge in [0.05, 0.1) is 0 Å². The second-order valence-electron chi connectivity index (χ2n) is 5.81. The van der Waals surface area contributed by atoms with Gasteiger partial charge in [0.15, 0.2) is 0 Å². The smallest absolute Gasteiger partial charge is 0.0414 e. The number of benzene rings is 3. The second-order valence-corrected chi connectivity index (χ2v) is 5.81. The molecule has 0 saturated heterocycles. The van der Waals surface area contributed by atoms with Crippen molar-refractivity contribution in [2.24, 2.45) is 0 Å². The monoisotopic (exact) mass is 299 g/mol. The summed E-state index contributed by atoms with van der Waals surface area (Å²) in [5.41, 5.74) is 7.22. The molecule has 0 unspecified atom stereocenters. The molecule has 0 aliphatic heterocycles. The van der Waals surface area contributed by atoms with E-state index in [1.165, 1.54) is 22.3 Å². The van der Waals surface area contributed by atoms with Crippen LogP contribution in [0.4, 0.5) is 11.4 Å². The minimum atomic E-state index is 1.11. The number of hydrogen-bond acceptors (Lipinski definition) is 1. The first-order valence-electron chi connectivity index (χ1n) is 7.88. The molecule has 0 saturated carbocycles. The third-order valence-corrected chi connectivity index (χ3v) is 3.84. The van der Waals surface area contributed by atoms with Crippen molar-refractivity contribution in [3.63, 3.8) is 0 Å². The molecule has 23 heavy (non-hydrogen) atoms. The molecule has 0 aromatic heterocycles. The van der Waals surface area contributed by atoms with Gasteiger partial charge in [-0.05, 0) is 48.7 Å². The standard InChI is InChI=1S/C22H21N/c1-17-8-15-22(18(2)16-17)23-21-13-11-20(12-14-21)10-9-19-6-4-3-5-7-19/h3-16,23H,1-2H3/b10-9+. The first-order valence-corrected chi connectivity index (χ1v) is 7.88. The fourth-order valence-corrected chi connectivity index (χ4v) is 2.54. The lowest BCUT2D eigenvalue weighted by Crippen LogP contribution is -1.93. The molecule has 0 aliphatic carbocycles. The SMILES string of the molecule is Cc1ccc(Nc2ccc(/C=C/c3ccccc3)cc2)c(C)c1. The maximum absolute atomic E-state index is 3.48. The van der Waals surface area contributed by atoms with Gasteiger partial charge in [0.25, 0.3) is 0 Å². The molecule has 114 valence electrons. The summed E-state index contributed by atoms with van der Waals surface area (Å²) in [6, 6.07) is 25.3. The van der Waals surface area contributed by atoms with Crippen LogP contribution in [0.25, 0.3) is 12.2 Å². The highest BCUT2D eigenvalue weighted by atomic mass is 14.9. The lowest BCUT2D eigenvalue weighted by atomic mass is 10.1. The van der Waals surface area contributed by atoms with E-state index in [9.17, 15) is 0 Å². The van der Waals surface area contributed by atoms with Crippen LogP contribution in [0.5, 0.6) is 0 Å². The van der Waals surface area contributed by atoms with Gasteiger partial charge in [-0.15, -0.1) is 0 Å². The third-order valence-electron chi connectivity index (χ3n) is 3.84. The number of hydrogen-bond donors (Lipinski definition) is 1. The Balaban J connectivity index is 1.71. The van der Waals surface area contributed by atoms with Gasteiger partial charge in [0.1, 0.15) is 0 Å². The summed E-state index contributed by atoms with van der Waals surface area (Å²) in [4.78, 5) is 0. The molecule has 3 rings (SSSR count). The topological polar surface area (TPSA) is 12.0 Å². The number of rotatable bonds is 4. The van der Waals surface area contributed by atoms with E-state index in [0.717, 1.165) is 11.4 Å². The number of nitrogens with one attached hydrogen (secondary N) is 1. The maximum atomic E-state index is 3.48. The Hall–Kier alpha value is -2.80. The highest BCUT2D eigenvalue weighted by Gasteiger charge is 1.99. The fourth-order valence-electron chi connectivity index (χ4n) is 2.54. The summed E-state index contributed by atoms with van der Waals surface area (Å²) in [5, 5.41) is 3.48. The second kappa shape index (κ2) is 6.97.